The molecule has 1 aliphatic carbocycles. The third kappa shape index (κ3) is 6.09. The highest BCUT2D eigenvalue weighted by Crippen LogP contribution is 2.24. The Hall–Kier alpha value is -1.40. The number of carbonyl (C=O) groups excluding carboxylic acids is 1. The lowest BCUT2D eigenvalue weighted by Crippen LogP contribution is -2.44. The summed E-state index contributed by atoms with van der Waals surface area (Å²) in [5, 5.41) is 3.06. The summed E-state index contributed by atoms with van der Waals surface area (Å²) in [6.45, 7) is 6.64. The summed E-state index contributed by atoms with van der Waals surface area (Å²) >= 11 is 0. The van der Waals surface area contributed by atoms with Gasteiger partial charge in [-0.2, -0.15) is 0 Å². The van der Waals surface area contributed by atoms with E-state index in [0.29, 0.717) is 6.54 Å². The molecule has 146 valence electrons. The van der Waals surface area contributed by atoms with E-state index in [9.17, 15) is 13.2 Å². The largest absolute Gasteiger partial charge is 0.348 e. The average molecular weight is 381 g/mol. The number of carbonyl (C=O) groups is 1. The van der Waals surface area contributed by atoms with Crippen molar-refractivity contribution in [1.29, 1.82) is 0 Å². The zero-order valence-electron chi connectivity index (χ0n) is 16.4. The first-order valence-corrected chi connectivity index (χ1v) is 11.6. The molecule has 0 fully saturated rings. The van der Waals surface area contributed by atoms with Gasteiger partial charge in [-0.3, -0.25) is 9.69 Å². The van der Waals surface area contributed by atoms with E-state index in [1.807, 2.05) is 25.7 Å². The highest BCUT2D eigenvalue weighted by atomic mass is 32.2. The summed E-state index contributed by atoms with van der Waals surface area (Å²) in [5.74, 6) is -0.00785. The highest BCUT2D eigenvalue weighted by Gasteiger charge is 2.21. The molecule has 0 saturated heterocycles. The molecule has 0 aliphatic heterocycles. The Morgan fingerprint density at radius 3 is 2.46 bits per heavy atom. The van der Waals surface area contributed by atoms with Gasteiger partial charge < -0.3 is 5.32 Å². The van der Waals surface area contributed by atoms with Crippen LogP contribution in [0.5, 0.6) is 0 Å². The molecule has 1 aromatic rings. The average Bonchev–Trinajstić information content (AvgIpc) is 2.57. The number of nitrogens with zero attached hydrogens (tertiary/aromatic N) is 1. The number of benzene rings is 1. The van der Waals surface area contributed by atoms with Crippen molar-refractivity contribution in [3.05, 3.63) is 34.9 Å². The predicted molar refractivity (Wildman–Crippen MR) is 106 cm³/mol. The Morgan fingerprint density at radius 1 is 1.19 bits per heavy atom. The van der Waals surface area contributed by atoms with Crippen molar-refractivity contribution in [2.24, 2.45) is 0 Å². The number of rotatable bonds is 8. The number of hydrogen-bond acceptors (Lipinski definition) is 4. The number of hydrogen-bond donors (Lipinski definition) is 1. The van der Waals surface area contributed by atoms with E-state index in [4.69, 9.17) is 0 Å². The van der Waals surface area contributed by atoms with E-state index in [-0.39, 0.29) is 30.3 Å². The van der Waals surface area contributed by atoms with Crippen molar-refractivity contribution in [2.75, 3.05) is 25.1 Å². The van der Waals surface area contributed by atoms with Gasteiger partial charge in [0, 0.05) is 12.3 Å². The van der Waals surface area contributed by atoms with Crippen LogP contribution >= 0.6 is 0 Å². The molecule has 0 aromatic heterocycles. The van der Waals surface area contributed by atoms with Crippen molar-refractivity contribution in [3.63, 3.8) is 0 Å². The third-order valence-corrected chi connectivity index (χ3v) is 6.26. The maximum absolute atomic E-state index is 12.5. The second-order valence-corrected chi connectivity index (χ2v) is 9.71. The first kappa shape index (κ1) is 20.9. The second kappa shape index (κ2) is 9.00. The summed E-state index contributed by atoms with van der Waals surface area (Å²) in [6.07, 6.45) is 6.00. The molecule has 1 aromatic carbocycles. The lowest BCUT2D eigenvalue weighted by molar-refractivity contribution is -0.123. The van der Waals surface area contributed by atoms with Gasteiger partial charge in [0.25, 0.3) is 0 Å². The standard InChI is InChI=1S/C20H32N2O3S/c1-5-22(15(2)14-26(4,24)25)13-20(23)21-16(3)18-11-10-17-8-6-7-9-19(17)12-18/h10-12,15-16H,5-9,13-14H2,1-4H3,(H,21,23). The van der Waals surface area contributed by atoms with E-state index in [0.717, 1.165) is 18.4 Å². The van der Waals surface area contributed by atoms with Gasteiger partial charge in [-0.1, -0.05) is 25.1 Å². The molecule has 2 atom stereocenters. The second-order valence-electron chi connectivity index (χ2n) is 7.53. The van der Waals surface area contributed by atoms with Crippen LogP contribution in [0.3, 0.4) is 0 Å². The van der Waals surface area contributed by atoms with E-state index < -0.39 is 9.84 Å². The number of nitrogens with one attached hydrogen (secondary N) is 1. The third-order valence-electron chi connectivity index (χ3n) is 5.17. The molecule has 2 unspecified atom stereocenters. The van der Waals surface area contributed by atoms with Crippen LogP contribution in [0.15, 0.2) is 18.2 Å². The molecule has 5 nitrogen and oxygen atoms in total. The molecular formula is C20H32N2O3S. The normalized spacial score (nSPS) is 16.8. The van der Waals surface area contributed by atoms with Gasteiger partial charge in [-0.05, 0) is 62.8 Å². The van der Waals surface area contributed by atoms with Crippen LogP contribution in [-0.4, -0.2) is 50.4 Å². The molecule has 0 radical (unpaired) electrons. The zero-order valence-corrected chi connectivity index (χ0v) is 17.2. The lowest BCUT2D eigenvalue weighted by atomic mass is 9.89. The van der Waals surface area contributed by atoms with Gasteiger partial charge in [0.2, 0.25) is 5.91 Å². The fourth-order valence-electron chi connectivity index (χ4n) is 3.70. The number of fused-ring (bicyclic) bond motifs is 1. The quantitative estimate of drug-likeness (QED) is 0.752. The van der Waals surface area contributed by atoms with Crippen LogP contribution in [-0.2, 0) is 27.5 Å². The van der Waals surface area contributed by atoms with E-state index in [1.165, 1.54) is 30.2 Å². The number of sulfone groups is 1. The van der Waals surface area contributed by atoms with Crippen LogP contribution in [0.1, 0.15) is 56.3 Å². The maximum Gasteiger partial charge on any atom is 0.234 e. The van der Waals surface area contributed by atoms with Crippen LogP contribution in [0, 0.1) is 0 Å². The molecule has 0 saturated carbocycles. The molecule has 26 heavy (non-hydrogen) atoms. The fourth-order valence-corrected chi connectivity index (χ4v) is 4.79. The van der Waals surface area contributed by atoms with E-state index in [2.05, 4.69) is 23.5 Å². The van der Waals surface area contributed by atoms with Crippen molar-refractivity contribution in [2.45, 2.75) is 58.5 Å². The minimum Gasteiger partial charge on any atom is -0.348 e. The molecule has 6 heteroatoms. The number of aryl methyl sites for hydroxylation is 2. The highest BCUT2D eigenvalue weighted by molar-refractivity contribution is 7.90. The summed E-state index contributed by atoms with van der Waals surface area (Å²) in [7, 11) is -3.06. The first-order valence-electron chi connectivity index (χ1n) is 9.52. The predicted octanol–water partition coefficient (Wildman–Crippen LogP) is 2.50. The summed E-state index contributed by atoms with van der Waals surface area (Å²) in [4.78, 5) is 14.4. The Balaban J connectivity index is 1.95. The van der Waals surface area contributed by atoms with E-state index in [1.54, 1.807) is 0 Å². The lowest BCUT2D eigenvalue weighted by Gasteiger charge is -2.27. The monoisotopic (exact) mass is 380 g/mol. The van der Waals surface area contributed by atoms with Crippen LogP contribution in [0.25, 0.3) is 0 Å². The van der Waals surface area contributed by atoms with Crippen molar-refractivity contribution in [1.82, 2.24) is 10.2 Å². The topological polar surface area (TPSA) is 66.5 Å². The molecule has 1 amide bonds. The first-order chi connectivity index (χ1) is 12.2. The SMILES string of the molecule is CCN(CC(=O)NC(C)c1ccc2c(c1)CCCC2)C(C)CS(C)(=O)=O. The Morgan fingerprint density at radius 2 is 1.85 bits per heavy atom. The van der Waals surface area contributed by atoms with Crippen molar-refractivity contribution < 1.29 is 13.2 Å². The molecule has 2 rings (SSSR count). The van der Waals surface area contributed by atoms with Gasteiger partial charge in [0.15, 0.2) is 0 Å². The zero-order chi connectivity index (χ0) is 19.3. The minimum atomic E-state index is -3.06. The molecule has 0 spiro atoms. The van der Waals surface area contributed by atoms with Crippen LogP contribution < -0.4 is 5.32 Å². The van der Waals surface area contributed by atoms with Crippen molar-refractivity contribution >= 4 is 15.7 Å². The van der Waals surface area contributed by atoms with Crippen molar-refractivity contribution in [3.8, 4) is 0 Å². The Labute approximate surface area is 158 Å². The van der Waals surface area contributed by atoms with Gasteiger partial charge in [-0.25, -0.2) is 8.42 Å². The molecule has 1 aliphatic rings. The number of likely N-dealkylation sites (N-methyl/N-ethyl adjacent to an activating group) is 1. The van der Waals surface area contributed by atoms with Gasteiger partial charge >= 0.3 is 0 Å². The smallest absolute Gasteiger partial charge is 0.234 e. The molecule has 1 N–H and O–H groups in total. The summed E-state index contributed by atoms with van der Waals surface area (Å²) < 4.78 is 23.0. The molecule has 0 heterocycles. The van der Waals surface area contributed by atoms with Gasteiger partial charge in [-0.15, -0.1) is 0 Å². The van der Waals surface area contributed by atoms with Gasteiger partial charge in [0.05, 0.1) is 18.3 Å². The Bertz CT molecular complexity index is 731. The summed E-state index contributed by atoms with van der Waals surface area (Å²) in [6, 6.07) is 6.29. The van der Waals surface area contributed by atoms with E-state index >= 15 is 0 Å². The Kier molecular flexibility index (Phi) is 7.24. The van der Waals surface area contributed by atoms with Crippen LogP contribution in [0.4, 0.5) is 0 Å². The van der Waals surface area contributed by atoms with Crippen LogP contribution in [0.2, 0.25) is 0 Å². The van der Waals surface area contributed by atoms with Gasteiger partial charge in [0.1, 0.15) is 9.84 Å². The summed E-state index contributed by atoms with van der Waals surface area (Å²) in [5.41, 5.74) is 3.98. The minimum absolute atomic E-state index is 0.0568. The molecule has 0 bridgehead atoms. The molecular weight excluding hydrogens is 348 g/mol. The number of amides is 1. The maximum atomic E-state index is 12.5. The fraction of sp³-hybridized carbons (Fsp3) is 0.650.